The van der Waals surface area contributed by atoms with Crippen molar-refractivity contribution in [2.45, 2.75) is 39.0 Å². The highest BCUT2D eigenvalue weighted by Crippen LogP contribution is 2.28. The fraction of sp³-hybridized carbons (Fsp3) is 0.421. The van der Waals surface area contributed by atoms with Crippen LogP contribution in [0.25, 0.3) is 0 Å². The number of rotatable bonds is 6. The molecule has 3 rings (SSSR count). The van der Waals surface area contributed by atoms with Gasteiger partial charge in [-0.05, 0) is 38.0 Å². The van der Waals surface area contributed by atoms with Crippen molar-refractivity contribution < 1.29 is 14.3 Å². The molecule has 7 nitrogen and oxygen atoms in total. The number of benzene rings is 1. The number of aryl methyl sites for hydroxylation is 3. The molecule has 2 heterocycles. The first-order valence-electron chi connectivity index (χ1n) is 8.90. The van der Waals surface area contributed by atoms with Crippen LogP contribution in [-0.4, -0.2) is 40.9 Å². The zero-order chi connectivity index (χ0) is 19.4. The van der Waals surface area contributed by atoms with Crippen molar-refractivity contribution in [2.75, 3.05) is 13.2 Å². The van der Waals surface area contributed by atoms with Gasteiger partial charge in [0.2, 0.25) is 5.91 Å². The number of carbonyl (C=O) groups excluding carboxylic acids is 2. The lowest BCUT2D eigenvalue weighted by Crippen LogP contribution is -2.52. The molecule has 1 aromatic heterocycles. The number of halogens is 1. The summed E-state index contributed by atoms with van der Waals surface area (Å²) in [6.45, 7) is 5.02. The van der Waals surface area contributed by atoms with Crippen LogP contribution in [0.5, 0.6) is 0 Å². The summed E-state index contributed by atoms with van der Waals surface area (Å²) >= 11 is 6.24. The van der Waals surface area contributed by atoms with Gasteiger partial charge in [0.25, 0.3) is 5.91 Å². The molecule has 0 spiro atoms. The highest BCUT2D eigenvalue weighted by molar-refractivity contribution is 6.31. The van der Waals surface area contributed by atoms with Crippen LogP contribution in [0, 0.1) is 13.8 Å². The second-order valence-electron chi connectivity index (χ2n) is 6.59. The van der Waals surface area contributed by atoms with E-state index in [1.54, 1.807) is 18.2 Å². The van der Waals surface area contributed by atoms with E-state index in [4.69, 9.17) is 16.3 Å². The molecule has 2 N–H and O–H groups in total. The number of aromatic nitrogens is 2. The van der Waals surface area contributed by atoms with Crippen LogP contribution in [0.3, 0.4) is 0 Å². The average molecular weight is 391 g/mol. The molecule has 144 valence electrons. The third kappa shape index (κ3) is 4.67. The maximum atomic E-state index is 12.6. The summed E-state index contributed by atoms with van der Waals surface area (Å²) in [6.07, 6.45) is -0.0833. The molecule has 0 radical (unpaired) electrons. The number of hydrogen-bond acceptors (Lipinski definition) is 4. The molecular formula is C19H23ClN4O3. The first kappa shape index (κ1) is 19.4. The van der Waals surface area contributed by atoms with Gasteiger partial charge in [-0.1, -0.05) is 29.8 Å². The molecule has 1 aromatic carbocycles. The van der Waals surface area contributed by atoms with E-state index in [9.17, 15) is 9.59 Å². The van der Waals surface area contributed by atoms with Crippen LogP contribution in [0.1, 0.15) is 29.4 Å². The van der Waals surface area contributed by atoms with E-state index in [1.807, 2.05) is 30.7 Å². The Hall–Kier alpha value is -2.38. The first-order chi connectivity index (χ1) is 13.0. The SMILES string of the molecule is Cc1cc(C)n(CCCNC(=O)[C@H]2OCC(=O)N[C@@H]2c2ccccc2Cl)n1. The van der Waals surface area contributed by atoms with E-state index in [0.717, 1.165) is 24.4 Å². The number of nitrogens with zero attached hydrogens (tertiary/aromatic N) is 2. The van der Waals surface area contributed by atoms with Crippen molar-refractivity contribution in [3.8, 4) is 0 Å². The minimum Gasteiger partial charge on any atom is -0.356 e. The normalized spacial score (nSPS) is 19.6. The summed E-state index contributed by atoms with van der Waals surface area (Å²) in [5, 5.41) is 10.6. The lowest BCUT2D eigenvalue weighted by atomic mass is 9.99. The molecule has 0 bridgehead atoms. The van der Waals surface area contributed by atoms with Gasteiger partial charge in [-0.15, -0.1) is 0 Å². The zero-order valence-electron chi connectivity index (χ0n) is 15.4. The third-order valence-electron chi connectivity index (χ3n) is 4.46. The van der Waals surface area contributed by atoms with E-state index >= 15 is 0 Å². The number of ether oxygens (including phenoxy) is 1. The molecule has 1 fully saturated rings. The van der Waals surface area contributed by atoms with Crippen LogP contribution in [-0.2, 0) is 20.9 Å². The molecule has 2 aromatic rings. The average Bonchev–Trinajstić information content (AvgIpc) is 2.96. The maximum Gasteiger partial charge on any atom is 0.251 e. The van der Waals surface area contributed by atoms with Crippen molar-refractivity contribution in [3.63, 3.8) is 0 Å². The van der Waals surface area contributed by atoms with Gasteiger partial charge in [-0.25, -0.2) is 0 Å². The Morgan fingerprint density at radius 1 is 1.41 bits per heavy atom. The zero-order valence-corrected chi connectivity index (χ0v) is 16.1. The van der Waals surface area contributed by atoms with Crippen LogP contribution in [0.4, 0.5) is 0 Å². The number of nitrogens with one attached hydrogen (secondary N) is 2. The maximum absolute atomic E-state index is 12.6. The fourth-order valence-electron chi connectivity index (χ4n) is 3.19. The lowest BCUT2D eigenvalue weighted by molar-refractivity contribution is -0.148. The molecule has 0 saturated carbocycles. The standard InChI is InChI=1S/C19H23ClN4O3/c1-12-10-13(2)24(23-12)9-5-8-21-19(26)18-17(22-16(25)11-27-18)14-6-3-4-7-15(14)20/h3-4,6-7,10,17-18H,5,8-9,11H2,1-2H3,(H,21,26)(H,22,25)/t17-,18+/m1/s1. The number of amides is 2. The Kier molecular flexibility index (Phi) is 6.13. The summed E-state index contributed by atoms with van der Waals surface area (Å²) in [7, 11) is 0. The summed E-state index contributed by atoms with van der Waals surface area (Å²) in [5.41, 5.74) is 2.73. The van der Waals surface area contributed by atoms with Gasteiger partial charge < -0.3 is 15.4 Å². The molecular weight excluding hydrogens is 368 g/mol. The first-order valence-corrected chi connectivity index (χ1v) is 9.27. The van der Waals surface area contributed by atoms with E-state index in [1.165, 1.54) is 0 Å². The van der Waals surface area contributed by atoms with Gasteiger partial charge in [0.1, 0.15) is 6.61 Å². The monoisotopic (exact) mass is 390 g/mol. The predicted molar refractivity (Wildman–Crippen MR) is 101 cm³/mol. The van der Waals surface area contributed by atoms with E-state index < -0.39 is 12.1 Å². The van der Waals surface area contributed by atoms with Gasteiger partial charge in [0, 0.05) is 23.8 Å². The Morgan fingerprint density at radius 2 is 2.19 bits per heavy atom. The quantitative estimate of drug-likeness (QED) is 0.738. The lowest BCUT2D eigenvalue weighted by Gasteiger charge is -2.32. The summed E-state index contributed by atoms with van der Waals surface area (Å²) in [5.74, 6) is -0.540. The molecule has 1 saturated heterocycles. The van der Waals surface area contributed by atoms with E-state index in [-0.39, 0.29) is 18.4 Å². The van der Waals surface area contributed by atoms with Crippen LogP contribution in [0.15, 0.2) is 30.3 Å². The second kappa shape index (κ2) is 8.54. The smallest absolute Gasteiger partial charge is 0.251 e. The van der Waals surface area contributed by atoms with Crippen LogP contribution >= 0.6 is 11.6 Å². The van der Waals surface area contributed by atoms with Gasteiger partial charge in [0.15, 0.2) is 6.10 Å². The predicted octanol–water partition coefficient (Wildman–Crippen LogP) is 1.92. The third-order valence-corrected chi connectivity index (χ3v) is 4.81. The van der Waals surface area contributed by atoms with Crippen molar-refractivity contribution >= 4 is 23.4 Å². The number of morpholine rings is 1. The topological polar surface area (TPSA) is 85.2 Å². The highest BCUT2D eigenvalue weighted by atomic mass is 35.5. The number of carbonyl (C=O) groups is 2. The van der Waals surface area contributed by atoms with Crippen LogP contribution < -0.4 is 10.6 Å². The fourth-order valence-corrected chi connectivity index (χ4v) is 3.44. The van der Waals surface area contributed by atoms with E-state index in [2.05, 4.69) is 15.7 Å². The van der Waals surface area contributed by atoms with Crippen molar-refractivity contribution in [1.82, 2.24) is 20.4 Å². The summed E-state index contributed by atoms with van der Waals surface area (Å²) < 4.78 is 7.43. The summed E-state index contributed by atoms with van der Waals surface area (Å²) in [6, 6.07) is 8.52. The van der Waals surface area contributed by atoms with Gasteiger partial charge in [0.05, 0.1) is 11.7 Å². The van der Waals surface area contributed by atoms with Gasteiger partial charge in [-0.3, -0.25) is 14.3 Å². The molecule has 2 amide bonds. The second-order valence-corrected chi connectivity index (χ2v) is 7.00. The highest BCUT2D eigenvalue weighted by Gasteiger charge is 2.36. The van der Waals surface area contributed by atoms with Crippen LogP contribution in [0.2, 0.25) is 5.02 Å². The van der Waals surface area contributed by atoms with Gasteiger partial charge in [-0.2, -0.15) is 5.10 Å². The van der Waals surface area contributed by atoms with Crippen molar-refractivity contribution in [2.24, 2.45) is 0 Å². The Labute approximate surface area is 163 Å². The Bertz CT molecular complexity index is 836. The molecule has 2 atom stereocenters. The van der Waals surface area contributed by atoms with Crippen molar-refractivity contribution in [3.05, 3.63) is 52.3 Å². The molecule has 1 aliphatic heterocycles. The molecule has 1 aliphatic rings. The molecule has 0 unspecified atom stereocenters. The minimum absolute atomic E-state index is 0.148. The summed E-state index contributed by atoms with van der Waals surface area (Å²) in [4.78, 5) is 24.4. The Balaban J connectivity index is 1.59. The minimum atomic E-state index is -0.823. The van der Waals surface area contributed by atoms with Gasteiger partial charge >= 0.3 is 0 Å². The van der Waals surface area contributed by atoms with Crippen molar-refractivity contribution in [1.29, 1.82) is 0 Å². The molecule has 0 aliphatic carbocycles. The number of hydrogen-bond donors (Lipinski definition) is 2. The van der Waals surface area contributed by atoms with E-state index in [0.29, 0.717) is 17.1 Å². The molecule has 8 heteroatoms. The Morgan fingerprint density at radius 3 is 2.89 bits per heavy atom. The molecule has 27 heavy (non-hydrogen) atoms. The largest absolute Gasteiger partial charge is 0.356 e.